The summed E-state index contributed by atoms with van der Waals surface area (Å²) >= 11 is 0. The first-order valence-electron chi connectivity index (χ1n) is 5.74. The molecule has 3 N–H and O–H groups in total. The monoisotopic (exact) mass is 244 g/mol. The zero-order valence-electron chi connectivity index (χ0n) is 10.2. The highest BCUT2D eigenvalue weighted by molar-refractivity contribution is 5.72. The van der Waals surface area contributed by atoms with Crippen molar-refractivity contribution in [2.45, 2.75) is 12.5 Å². The number of urea groups is 1. The highest BCUT2D eigenvalue weighted by Gasteiger charge is 2.14. The average Bonchev–Trinajstić information content (AvgIpc) is 2.75. The third-order valence-corrected chi connectivity index (χ3v) is 2.70. The molecule has 0 aliphatic heterocycles. The fraction of sp³-hybridized carbons (Fsp3) is 0.231. The van der Waals surface area contributed by atoms with Crippen LogP contribution in [0.15, 0.2) is 42.6 Å². The molecule has 1 aromatic heterocycles. The van der Waals surface area contributed by atoms with Gasteiger partial charge in [0.15, 0.2) is 0 Å². The number of carbonyl (C=O) groups excluding carboxylic acids is 1. The quantitative estimate of drug-likeness (QED) is 0.852. The number of aromatic nitrogens is 2. The first-order chi connectivity index (χ1) is 8.65. The molecular weight excluding hydrogens is 228 g/mol. The van der Waals surface area contributed by atoms with Gasteiger partial charge in [-0.1, -0.05) is 30.3 Å². The summed E-state index contributed by atoms with van der Waals surface area (Å²) in [4.78, 5) is 11.1. The van der Waals surface area contributed by atoms with Gasteiger partial charge in [0.1, 0.15) is 0 Å². The van der Waals surface area contributed by atoms with Crippen LogP contribution in [0.3, 0.4) is 0 Å². The molecule has 1 aromatic carbocycles. The molecule has 0 radical (unpaired) electrons. The molecule has 0 aliphatic rings. The maximum Gasteiger partial charge on any atom is 0.312 e. The standard InChI is InChI=1S/C13H16N4O/c1-17-8-7-11(16-17)9-12(15-13(14)18)10-5-3-2-4-6-10/h2-8,12H,9H2,1H3,(H3,14,15,18). The van der Waals surface area contributed by atoms with Gasteiger partial charge in [-0.15, -0.1) is 0 Å². The summed E-state index contributed by atoms with van der Waals surface area (Å²) in [7, 11) is 1.86. The van der Waals surface area contributed by atoms with E-state index in [1.165, 1.54) is 0 Å². The largest absolute Gasteiger partial charge is 0.352 e. The summed E-state index contributed by atoms with van der Waals surface area (Å²) in [5, 5.41) is 7.05. The zero-order valence-corrected chi connectivity index (χ0v) is 10.2. The second-order valence-electron chi connectivity index (χ2n) is 4.16. The van der Waals surface area contributed by atoms with Gasteiger partial charge in [0.25, 0.3) is 0 Å². The lowest BCUT2D eigenvalue weighted by molar-refractivity contribution is 0.245. The van der Waals surface area contributed by atoms with Gasteiger partial charge in [0.05, 0.1) is 11.7 Å². The molecule has 5 nitrogen and oxygen atoms in total. The Hall–Kier alpha value is -2.30. The molecule has 94 valence electrons. The number of primary amides is 1. The van der Waals surface area contributed by atoms with Crippen LogP contribution in [0.2, 0.25) is 0 Å². The van der Waals surface area contributed by atoms with Crippen molar-refractivity contribution in [2.24, 2.45) is 12.8 Å². The van der Waals surface area contributed by atoms with Crippen LogP contribution in [0, 0.1) is 0 Å². The van der Waals surface area contributed by atoms with Crippen molar-refractivity contribution in [1.29, 1.82) is 0 Å². The lowest BCUT2D eigenvalue weighted by Gasteiger charge is -2.16. The van der Waals surface area contributed by atoms with Crippen LogP contribution >= 0.6 is 0 Å². The topological polar surface area (TPSA) is 72.9 Å². The predicted molar refractivity (Wildman–Crippen MR) is 68.8 cm³/mol. The highest BCUT2D eigenvalue weighted by Crippen LogP contribution is 2.17. The fourth-order valence-electron chi connectivity index (χ4n) is 1.89. The number of nitrogens with one attached hydrogen (secondary N) is 1. The van der Waals surface area contributed by atoms with Crippen molar-refractivity contribution >= 4 is 6.03 Å². The number of carbonyl (C=O) groups is 1. The van der Waals surface area contributed by atoms with Crippen LogP contribution < -0.4 is 11.1 Å². The second-order valence-corrected chi connectivity index (χ2v) is 4.16. The summed E-state index contributed by atoms with van der Waals surface area (Å²) < 4.78 is 1.74. The van der Waals surface area contributed by atoms with Gasteiger partial charge in [-0.25, -0.2) is 4.79 Å². The van der Waals surface area contributed by atoms with E-state index in [1.54, 1.807) is 4.68 Å². The molecular formula is C13H16N4O. The molecule has 2 aromatic rings. The number of hydrogen-bond acceptors (Lipinski definition) is 2. The molecule has 0 saturated carbocycles. The minimum Gasteiger partial charge on any atom is -0.352 e. The Kier molecular flexibility index (Phi) is 3.62. The molecule has 5 heteroatoms. The number of aryl methyl sites for hydroxylation is 1. The van der Waals surface area contributed by atoms with Crippen LogP contribution in [0.5, 0.6) is 0 Å². The SMILES string of the molecule is Cn1ccc(CC(NC(N)=O)c2ccccc2)n1. The summed E-state index contributed by atoms with van der Waals surface area (Å²) in [6.45, 7) is 0. The van der Waals surface area contributed by atoms with Crippen molar-refractivity contribution < 1.29 is 4.79 Å². The van der Waals surface area contributed by atoms with Crippen LogP contribution in [0.1, 0.15) is 17.3 Å². The third kappa shape index (κ3) is 3.10. The molecule has 18 heavy (non-hydrogen) atoms. The smallest absolute Gasteiger partial charge is 0.312 e. The Morgan fingerprint density at radius 3 is 2.67 bits per heavy atom. The first-order valence-corrected chi connectivity index (χ1v) is 5.74. The maximum absolute atomic E-state index is 11.1. The van der Waals surface area contributed by atoms with Gasteiger partial charge in [0, 0.05) is 19.7 Å². The van der Waals surface area contributed by atoms with E-state index in [4.69, 9.17) is 5.73 Å². The normalized spacial score (nSPS) is 12.1. The van der Waals surface area contributed by atoms with E-state index in [-0.39, 0.29) is 6.04 Å². The number of nitrogens with zero attached hydrogens (tertiary/aromatic N) is 2. The molecule has 2 amide bonds. The molecule has 0 bridgehead atoms. The van der Waals surface area contributed by atoms with Crippen LogP contribution in [-0.2, 0) is 13.5 Å². The third-order valence-electron chi connectivity index (χ3n) is 2.70. The van der Waals surface area contributed by atoms with Gasteiger partial charge in [0.2, 0.25) is 0 Å². The molecule has 0 saturated heterocycles. The summed E-state index contributed by atoms with van der Waals surface area (Å²) in [5.41, 5.74) is 7.15. The second kappa shape index (κ2) is 5.35. The van der Waals surface area contributed by atoms with Gasteiger partial charge in [-0.3, -0.25) is 4.68 Å². The molecule has 0 aliphatic carbocycles. The minimum atomic E-state index is -0.528. The zero-order chi connectivity index (χ0) is 13.0. The Bertz CT molecular complexity index is 521. The van der Waals surface area contributed by atoms with E-state index >= 15 is 0 Å². The fourth-order valence-corrected chi connectivity index (χ4v) is 1.89. The van der Waals surface area contributed by atoms with Crippen molar-refractivity contribution in [3.05, 3.63) is 53.9 Å². The number of hydrogen-bond donors (Lipinski definition) is 2. The van der Waals surface area contributed by atoms with Crippen molar-refractivity contribution in [3.8, 4) is 0 Å². The van der Waals surface area contributed by atoms with E-state index in [2.05, 4.69) is 10.4 Å². The summed E-state index contributed by atoms with van der Waals surface area (Å²) in [6.07, 6.45) is 2.50. The van der Waals surface area contributed by atoms with Gasteiger partial charge in [-0.2, -0.15) is 5.10 Å². The number of nitrogens with two attached hydrogens (primary N) is 1. The van der Waals surface area contributed by atoms with E-state index in [9.17, 15) is 4.79 Å². The van der Waals surface area contributed by atoms with Crippen molar-refractivity contribution in [2.75, 3.05) is 0 Å². The number of rotatable bonds is 4. The first kappa shape index (κ1) is 12.2. The van der Waals surface area contributed by atoms with Gasteiger partial charge >= 0.3 is 6.03 Å². The molecule has 0 spiro atoms. The van der Waals surface area contributed by atoms with Crippen LogP contribution in [0.4, 0.5) is 4.79 Å². The Labute approximate surface area is 106 Å². The van der Waals surface area contributed by atoms with E-state index in [0.29, 0.717) is 6.42 Å². The number of amides is 2. The minimum absolute atomic E-state index is 0.154. The summed E-state index contributed by atoms with van der Waals surface area (Å²) in [5.74, 6) is 0. The van der Waals surface area contributed by atoms with Crippen molar-refractivity contribution in [1.82, 2.24) is 15.1 Å². The lowest BCUT2D eigenvalue weighted by Crippen LogP contribution is -2.34. The molecule has 1 unspecified atom stereocenters. The van der Waals surface area contributed by atoms with Crippen LogP contribution in [0.25, 0.3) is 0 Å². The Morgan fingerprint density at radius 1 is 1.39 bits per heavy atom. The maximum atomic E-state index is 11.1. The van der Waals surface area contributed by atoms with Gasteiger partial charge < -0.3 is 11.1 Å². The van der Waals surface area contributed by atoms with Crippen LogP contribution in [-0.4, -0.2) is 15.8 Å². The molecule has 1 heterocycles. The van der Waals surface area contributed by atoms with Crippen molar-refractivity contribution in [3.63, 3.8) is 0 Å². The highest BCUT2D eigenvalue weighted by atomic mass is 16.2. The molecule has 2 rings (SSSR count). The lowest BCUT2D eigenvalue weighted by atomic mass is 10.0. The predicted octanol–water partition coefficient (Wildman–Crippen LogP) is 1.37. The Balaban J connectivity index is 2.18. The van der Waals surface area contributed by atoms with E-state index in [1.807, 2.05) is 49.6 Å². The van der Waals surface area contributed by atoms with E-state index in [0.717, 1.165) is 11.3 Å². The number of benzene rings is 1. The van der Waals surface area contributed by atoms with E-state index < -0.39 is 6.03 Å². The Morgan fingerprint density at radius 2 is 2.11 bits per heavy atom. The summed E-state index contributed by atoms with van der Waals surface area (Å²) in [6, 6.07) is 11.0. The average molecular weight is 244 g/mol. The molecule has 0 fully saturated rings. The van der Waals surface area contributed by atoms with Gasteiger partial charge in [-0.05, 0) is 11.6 Å². The molecule has 1 atom stereocenters.